The Balaban J connectivity index is 1.41. The number of cyclic esters (lactones) is 1. The van der Waals surface area contributed by atoms with Gasteiger partial charge in [-0.05, 0) is 41.5 Å². The minimum absolute atomic E-state index is 0.139. The molecule has 2 aliphatic carbocycles. The van der Waals surface area contributed by atoms with E-state index in [9.17, 15) is 9.59 Å². The third-order valence-corrected chi connectivity index (χ3v) is 5.23. The predicted octanol–water partition coefficient (Wildman–Crippen LogP) is 2.32. The molecule has 1 heterocycles. The molecule has 1 N–H and O–H groups in total. The van der Waals surface area contributed by atoms with Crippen molar-refractivity contribution in [1.82, 2.24) is 5.32 Å². The van der Waals surface area contributed by atoms with Crippen molar-refractivity contribution in [2.75, 3.05) is 18.0 Å². The summed E-state index contributed by atoms with van der Waals surface area (Å²) in [4.78, 5) is 24.6. The average Bonchev–Trinajstić information content (AvgIpc) is 2.94. The van der Waals surface area contributed by atoms with Gasteiger partial charge in [0, 0.05) is 12.6 Å². The van der Waals surface area contributed by atoms with E-state index < -0.39 is 0 Å². The molecule has 1 aromatic rings. The molecule has 6 heteroatoms. The number of hydrogen-bond donors (Lipinski definition) is 1. The lowest BCUT2D eigenvalue weighted by molar-refractivity contribution is -0.119. The summed E-state index contributed by atoms with van der Waals surface area (Å²) < 4.78 is 5.28. The molecule has 2 fully saturated rings. The first-order chi connectivity index (χ1) is 12.1. The highest BCUT2D eigenvalue weighted by molar-refractivity contribution is 5.90. The lowest BCUT2D eigenvalue weighted by atomic mass is 10.0. The maximum atomic E-state index is 12.0. The highest BCUT2D eigenvalue weighted by atomic mass is 16.6. The van der Waals surface area contributed by atoms with Crippen LogP contribution >= 0.6 is 0 Å². The summed E-state index contributed by atoms with van der Waals surface area (Å²) in [6, 6.07) is 10.2. The van der Waals surface area contributed by atoms with Crippen LogP contribution in [0.15, 0.2) is 30.3 Å². The van der Waals surface area contributed by atoms with Gasteiger partial charge in [-0.1, -0.05) is 18.2 Å². The van der Waals surface area contributed by atoms with Crippen molar-refractivity contribution < 1.29 is 14.3 Å². The molecule has 4 atom stereocenters. The maximum absolute atomic E-state index is 12.0. The van der Waals surface area contributed by atoms with E-state index in [1.54, 1.807) is 4.90 Å². The Morgan fingerprint density at radius 3 is 2.76 bits per heavy atom. The van der Waals surface area contributed by atoms with E-state index in [1.807, 2.05) is 24.3 Å². The number of allylic oxidation sites excluding steroid dienone is 2. The van der Waals surface area contributed by atoms with Crippen molar-refractivity contribution in [1.29, 1.82) is 5.26 Å². The zero-order chi connectivity index (χ0) is 17.6. The molecule has 1 saturated heterocycles. The standard InChI is InChI=1S/C19H19N3O3/c1-11(23)21-9-15-10-22(19(24)25-15)14-4-2-12(3-5-14)13-6-16-17(7-13)18(16)8-20/h2-6,15-18H,7,9-10H2,1H3,(H,21,23)/t15-,16-,17-,18-/m0/s1. The zero-order valence-electron chi connectivity index (χ0n) is 13.9. The predicted molar refractivity (Wildman–Crippen MR) is 91.4 cm³/mol. The Hall–Kier alpha value is -2.81. The minimum Gasteiger partial charge on any atom is -0.442 e. The van der Waals surface area contributed by atoms with Gasteiger partial charge in [0.1, 0.15) is 6.10 Å². The molecular weight excluding hydrogens is 318 g/mol. The third-order valence-electron chi connectivity index (χ3n) is 5.23. The average molecular weight is 337 g/mol. The SMILES string of the molecule is CC(=O)NC[C@H]1CN(c2ccc(C3=C[C@@H]4[C@H](C#N)[C@H]4C3)cc2)C(=O)O1. The minimum atomic E-state index is -0.388. The molecule has 6 nitrogen and oxygen atoms in total. The molecule has 1 aliphatic heterocycles. The fourth-order valence-electron chi connectivity index (χ4n) is 3.79. The largest absolute Gasteiger partial charge is 0.442 e. The van der Waals surface area contributed by atoms with Crippen LogP contribution in [0.3, 0.4) is 0 Å². The van der Waals surface area contributed by atoms with E-state index in [2.05, 4.69) is 17.5 Å². The van der Waals surface area contributed by atoms with Crippen molar-refractivity contribution >= 4 is 23.3 Å². The number of rotatable bonds is 4. The molecule has 128 valence electrons. The fourth-order valence-corrected chi connectivity index (χ4v) is 3.79. The molecular formula is C19H19N3O3. The van der Waals surface area contributed by atoms with Gasteiger partial charge < -0.3 is 10.1 Å². The second-order valence-electron chi connectivity index (χ2n) is 6.89. The topological polar surface area (TPSA) is 82.4 Å². The van der Waals surface area contributed by atoms with Gasteiger partial charge in [0.2, 0.25) is 5.91 Å². The number of nitriles is 1. The molecule has 0 unspecified atom stereocenters. The zero-order valence-corrected chi connectivity index (χ0v) is 13.9. The van der Waals surface area contributed by atoms with Crippen LogP contribution in [0, 0.1) is 29.1 Å². The maximum Gasteiger partial charge on any atom is 0.414 e. The van der Waals surface area contributed by atoms with Crippen LogP contribution in [0.1, 0.15) is 18.9 Å². The number of benzene rings is 1. The summed E-state index contributed by atoms with van der Waals surface area (Å²) in [5.41, 5.74) is 3.23. The van der Waals surface area contributed by atoms with Crippen molar-refractivity contribution in [3.8, 4) is 6.07 Å². The Morgan fingerprint density at radius 1 is 1.40 bits per heavy atom. The summed E-state index contributed by atoms with van der Waals surface area (Å²) in [5.74, 6) is 1.01. The monoisotopic (exact) mass is 337 g/mol. The Kier molecular flexibility index (Phi) is 3.72. The fraction of sp³-hybridized carbons (Fsp3) is 0.421. The summed E-state index contributed by atoms with van der Waals surface area (Å²) in [7, 11) is 0. The van der Waals surface area contributed by atoms with Crippen molar-refractivity contribution in [3.63, 3.8) is 0 Å². The van der Waals surface area contributed by atoms with Crippen molar-refractivity contribution in [3.05, 3.63) is 35.9 Å². The number of anilines is 1. The first kappa shape index (κ1) is 15.7. The van der Waals surface area contributed by atoms with Crippen LogP contribution in [0.2, 0.25) is 0 Å². The quantitative estimate of drug-likeness (QED) is 0.914. The van der Waals surface area contributed by atoms with Gasteiger partial charge in [-0.2, -0.15) is 5.26 Å². The van der Waals surface area contributed by atoms with Gasteiger partial charge >= 0.3 is 6.09 Å². The molecule has 1 saturated carbocycles. The molecule has 4 rings (SSSR count). The molecule has 0 radical (unpaired) electrons. The first-order valence-corrected chi connectivity index (χ1v) is 8.50. The number of fused-ring (bicyclic) bond motifs is 1. The highest BCUT2D eigenvalue weighted by Gasteiger charge is 2.52. The van der Waals surface area contributed by atoms with E-state index in [-0.39, 0.29) is 24.0 Å². The normalized spacial score (nSPS) is 29.5. The number of amides is 2. The number of hydrogen-bond acceptors (Lipinski definition) is 4. The summed E-state index contributed by atoms with van der Waals surface area (Å²) in [6.07, 6.45) is 2.47. The van der Waals surface area contributed by atoms with Gasteiger partial charge in [-0.15, -0.1) is 0 Å². The van der Waals surface area contributed by atoms with Gasteiger partial charge in [-0.3, -0.25) is 9.69 Å². The first-order valence-electron chi connectivity index (χ1n) is 8.50. The molecule has 2 amide bonds. The smallest absolute Gasteiger partial charge is 0.414 e. The summed E-state index contributed by atoms with van der Waals surface area (Å²) in [6.45, 7) is 2.19. The lowest BCUT2D eigenvalue weighted by Gasteiger charge is -2.14. The summed E-state index contributed by atoms with van der Waals surface area (Å²) in [5, 5.41) is 11.7. The van der Waals surface area contributed by atoms with Crippen LogP contribution in [-0.2, 0) is 9.53 Å². The van der Waals surface area contributed by atoms with Crippen LogP contribution in [0.4, 0.5) is 10.5 Å². The Morgan fingerprint density at radius 2 is 2.16 bits per heavy atom. The molecule has 0 aromatic heterocycles. The van der Waals surface area contributed by atoms with E-state index >= 15 is 0 Å². The van der Waals surface area contributed by atoms with Crippen molar-refractivity contribution in [2.24, 2.45) is 17.8 Å². The molecule has 1 aromatic carbocycles. The Labute approximate surface area is 146 Å². The van der Waals surface area contributed by atoms with E-state index in [0.29, 0.717) is 24.9 Å². The number of nitrogens with one attached hydrogen (secondary N) is 1. The van der Waals surface area contributed by atoms with Crippen LogP contribution in [-0.4, -0.2) is 31.2 Å². The number of ether oxygens (including phenoxy) is 1. The highest BCUT2D eigenvalue weighted by Crippen LogP contribution is 2.57. The van der Waals surface area contributed by atoms with Gasteiger partial charge in [0.15, 0.2) is 0 Å². The lowest BCUT2D eigenvalue weighted by Crippen LogP contribution is -2.33. The number of nitrogens with zero attached hydrogens (tertiary/aromatic N) is 2. The second kappa shape index (κ2) is 5.92. The van der Waals surface area contributed by atoms with Crippen molar-refractivity contribution in [2.45, 2.75) is 19.4 Å². The Bertz CT molecular complexity index is 793. The number of carbonyl (C=O) groups excluding carboxylic acids is 2. The molecule has 25 heavy (non-hydrogen) atoms. The summed E-state index contributed by atoms with van der Waals surface area (Å²) >= 11 is 0. The van der Waals surface area contributed by atoms with Gasteiger partial charge in [-0.25, -0.2) is 4.79 Å². The van der Waals surface area contributed by atoms with E-state index in [4.69, 9.17) is 10.00 Å². The molecule has 0 bridgehead atoms. The van der Waals surface area contributed by atoms with Crippen LogP contribution < -0.4 is 10.2 Å². The molecule has 0 spiro atoms. The van der Waals surface area contributed by atoms with E-state index in [0.717, 1.165) is 17.7 Å². The third kappa shape index (κ3) is 2.86. The van der Waals surface area contributed by atoms with Crippen LogP contribution in [0.5, 0.6) is 0 Å². The van der Waals surface area contributed by atoms with E-state index in [1.165, 1.54) is 12.5 Å². The van der Waals surface area contributed by atoms with Gasteiger partial charge in [0.25, 0.3) is 0 Å². The number of carbonyl (C=O) groups is 2. The van der Waals surface area contributed by atoms with Gasteiger partial charge in [0.05, 0.1) is 25.1 Å². The molecule has 3 aliphatic rings. The second-order valence-corrected chi connectivity index (χ2v) is 6.89. The van der Waals surface area contributed by atoms with Crippen LogP contribution in [0.25, 0.3) is 5.57 Å².